The van der Waals surface area contributed by atoms with Gasteiger partial charge in [0.25, 0.3) is 0 Å². The molecule has 10 nitrogen and oxygen atoms in total. The van der Waals surface area contributed by atoms with Crippen molar-refractivity contribution in [2.24, 2.45) is 0 Å². The molecule has 10 heteroatoms. The number of amides is 2. The second-order valence-corrected chi connectivity index (χ2v) is 4.64. The van der Waals surface area contributed by atoms with Gasteiger partial charge in [-0.15, -0.1) is 0 Å². The first-order chi connectivity index (χ1) is 12.9. The van der Waals surface area contributed by atoms with E-state index in [2.05, 4.69) is 19.7 Å². The van der Waals surface area contributed by atoms with E-state index < -0.39 is 23.9 Å². The lowest BCUT2D eigenvalue weighted by Gasteiger charge is -2.26. The maximum atomic E-state index is 12.5. The number of esters is 3. The van der Waals surface area contributed by atoms with Crippen molar-refractivity contribution in [2.75, 3.05) is 39.5 Å². The Labute approximate surface area is 156 Å². The van der Waals surface area contributed by atoms with E-state index in [1.165, 1.54) is 0 Å². The van der Waals surface area contributed by atoms with E-state index in [1.807, 2.05) is 0 Å². The molecule has 0 aliphatic heterocycles. The first-order valence-electron chi connectivity index (χ1n) is 7.73. The van der Waals surface area contributed by atoms with Crippen molar-refractivity contribution in [3.05, 3.63) is 38.0 Å². The summed E-state index contributed by atoms with van der Waals surface area (Å²) >= 11 is 0. The van der Waals surface area contributed by atoms with Gasteiger partial charge in [0.1, 0.15) is 19.8 Å². The summed E-state index contributed by atoms with van der Waals surface area (Å²) in [5, 5.41) is 9.14. The van der Waals surface area contributed by atoms with E-state index in [1.54, 1.807) is 6.19 Å². The third-order valence-corrected chi connectivity index (χ3v) is 2.89. The molecular formula is C17H21N3O7. The third kappa shape index (κ3) is 10.1. The van der Waals surface area contributed by atoms with Crippen LogP contribution in [0, 0.1) is 11.5 Å². The smallest absolute Gasteiger partial charge is 0.333 e. The van der Waals surface area contributed by atoms with Gasteiger partial charge >= 0.3 is 23.9 Å². The Morgan fingerprint density at radius 1 is 0.778 bits per heavy atom. The Morgan fingerprint density at radius 3 is 1.48 bits per heavy atom. The number of carbonyl (C=O) groups is 4. The van der Waals surface area contributed by atoms with E-state index in [0.717, 1.165) is 28.0 Å². The Morgan fingerprint density at radius 2 is 1.15 bits per heavy atom. The van der Waals surface area contributed by atoms with Crippen LogP contribution < -0.4 is 0 Å². The molecule has 0 aliphatic carbocycles. The van der Waals surface area contributed by atoms with Gasteiger partial charge in [-0.2, -0.15) is 5.26 Å². The van der Waals surface area contributed by atoms with Crippen molar-refractivity contribution in [3.8, 4) is 6.19 Å². The number of urea groups is 1. The van der Waals surface area contributed by atoms with Crippen molar-refractivity contribution in [1.29, 1.82) is 5.26 Å². The van der Waals surface area contributed by atoms with Crippen molar-refractivity contribution in [2.45, 2.75) is 0 Å². The van der Waals surface area contributed by atoms with Crippen LogP contribution in [-0.2, 0) is 28.6 Å². The molecule has 0 aromatic carbocycles. The molecule has 146 valence electrons. The zero-order chi connectivity index (χ0) is 20.7. The molecule has 0 aliphatic rings. The second-order valence-electron chi connectivity index (χ2n) is 4.64. The SMILES string of the molecule is C=CC(=O)OCCN(C#N)C(=O)N(CCOC(=O)C=C)CCOC(=O)C=C. The molecular weight excluding hydrogens is 358 g/mol. The second kappa shape index (κ2) is 13.7. The van der Waals surface area contributed by atoms with Gasteiger partial charge in [-0.1, -0.05) is 19.7 Å². The number of hydrogen-bond acceptors (Lipinski definition) is 8. The molecule has 0 bridgehead atoms. The summed E-state index contributed by atoms with van der Waals surface area (Å²) in [7, 11) is 0. The monoisotopic (exact) mass is 379 g/mol. The van der Waals surface area contributed by atoms with Crippen LogP contribution in [0.5, 0.6) is 0 Å². The summed E-state index contributed by atoms with van der Waals surface area (Å²) in [4.78, 5) is 47.5. The van der Waals surface area contributed by atoms with Crippen LogP contribution in [0.4, 0.5) is 4.79 Å². The zero-order valence-electron chi connectivity index (χ0n) is 14.8. The quantitative estimate of drug-likeness (QED) is 0.157. The van der Waals surface area contributed by atoms with Gasteiger partial charge in [0, 0.05) is 18.2 Å². The summed E-state index contributed by atoms with van der Waals surface area (Å²) in [6, 6.07) is -0.739. The number of hydrogen-bond donors (Lipinski definition) is 0. The predicted molar refractivity (Wildman–Crippen MR) is 92.8 cm³/mol. The largest absolute Gasteiger partial charge is 0.461 e. The predicted octanol–water partition coefficient (Wildman–Crippen LogP) is 0.379. The van der Waals surface area contributed by atoms with Gasteiger partial charge in [0.2, 0.25) is 0 Å². The van der Waals surface area contributed by atoms with Gasteiger partial charge in [-0.05, 0) is 0 Å². The fraction of sp³-hybridized carbons (Fsp3) is 0.353. The van der Waals surface area contributed by atoms with Crippen LogP contribution in [0.25, 0.3) is 0 Å². The number of carbonyl (C=O) groups excluding carboxylic acids is 4. The summed E-state index contributed by atoms with van der Waals surface area (Å²) < 4.78 is 14.3. The van der Waals surface area contributed by atoms with Gasteiger partial charge in [-0.3, -0.25) is 0 Å². The first-order valence-corrected chi connectivity index (χ1v) is 7.73. The number of ether oxygens (including phenoxy) is 3. The van der Waals surface area contributed by atoms with Crippen molar-refractivity contribution in [1.82, 2.24) is 9.80 Å². The third-order valence-electron chi connectivity index (χ3n) is 2.89. The summed E-state index contributed by atoms with van der Waals surface area (Å²) in [5.41, 5.74) is 0. The minimum Gasteiger partial charge on any atom is -0.461 e. The molecule has 0 fully saturated rings. The average Bonchev–Trinajstić information content (AvgIpc) is 2.68. The molecule has 0 radical (unpaired) electrons. The van der Waals surface area contributed by atoms with Crippen LogP contribution in [0.2, 0.25) is 0 Å². The Kier molecular flexibility index (Phi) is 11.8. The minimum absolute atomic E-state index is 0.0608. The van der Waals surface area contributed by atoms with Crippen LogP contribution in [0.3, 0.4) is 0 Å². The summed E-state index contributed by atoms with van der Waals surface area (Å²) in [6.07, 6.45) is 4.55. The normalized spacial score (nSPS) is 9.15. The Hall–Kier alpha value is -3.61. The molecule has 0 rings (SSSR count). The minimum atomic E-state index is -0.739. The fourth-order valence-corrected chi connectivity index (χ4v) is 1.59. The Bertz CT molecular complexity index is 599. The van der Waals surface area contributed by atoms with Crippen molar-refractivity contribution in [3.63, 3.8) is 0 Å². The molecule has 0 aromatic rings. The van der Waals surface area contributed by atoms with Gasteiger partial charge < -0.3 is 19.1 Å². The molecule has 0 N–H and O–H groups in total. The molecule has 2 amide bonds. The summed E-state index contributed by atoms with van der Waals surface area (Å²) in [5.74, 6) is -2.03. The van der Waals surface area contributed by atoms with Crippen LogP contribution in [-0.4, -0.2) is 73.2 Å². The highest BCUT2D eigenvalue weighted by atomic mass is 16.5. The molecule has 0 spiro atoms. The van der Waals surface area contributed by atoms with Crippen LogP contribution in [0.15, 0.2) is 38.0 Å². The van der Waals surface area contributed by atoms with Gasteiger partial charge in [0.05, 0.1) is 19.6 Å². The van der Waals surface area contributed by atoms with Crippen LogP contribution >= 0.6 is 0 Å². The number of rotatable bonds is 12. The van der Waals surface area contributed by atoms with E-state index in [9.17, 15) is 19.2 Å². The molecule has 0 unspecified atom stereocenters. The molecule has 0 heterocycles. The maximum absolute atomic E-state index is 12.5. The van der Waals surface area contributed by atoms with E-state index in [-0.39, 0.29) is 39.5 Å². The highest BCUT2D eigenvalue weighted by Crippen LogP contribution is 2.00. The molecule has 27 heavy (non-hydrogen) atoms. The van der Waals surface area contributed by atoms with E-state index in [0.29, 0.717) is 0 Å². The first kappa shape index (κ1) is 23.4. The average molecular weight is 379 g/mol. The molecule has 0 saturated carbocycles. The van der Waals surface area contributed by atoms with Crippen molar-refractivity contribution < 1.29 is 33.4 Å². The van der Waals surface area contributed by atoms with Crippen molar-refractivity contribution >= 4 is 23.9 Å². The number of nitriles is 1. The lowest BCUT2D eigenvalue weighted by atomic mass is 10.4. The van der Waals surface area contributed by atoms with Gasteiger partial charge in [-0.25, -0.2) is 24.1 Å². The van der Waals surface area contributed by atoms with Gasteiger partial charge in [0.15, 0.2) is 6.19 Å². The lowest BCUT2D eigenvalue weighted by molar-refractivity contribution is -0.139. The van der Waals surface area contributed by atoms with E-state index >= 15 is 0 Å². The number of nitrogens with zero attached hydrogens (tertiary/aromatic N) is 3. The standard InChI is InChI=1S/C17H21N3O7/c1-4-14(21)25-10-7-19(8-11-26-15(22)5-2)17(24)20(13-18)9-12-27-16(23)6-3/h4-6H,1-3,7-12H2. The Balaban J connectivity index is 4.83. The molecule has 0 atom stereocenters. The highest BCUT2D eigenvalue weighted by molar-refractivity contribution is 5.82. The molecule has 0 aromatic heterocycles. The lowest BCUT2D eigenvalue weighted by Crippen LogP contribution is -2.45. The zero-order valence-corrected chi connectivity index (χ0v) is 14.8. The van der Waals surface area contributed by atoms with Crippen LogP contribution in [0.1, 0.15) is 0 Å². The molecule has 0 saturated heterocycles. The highest BCUT2D eigenvalue weighted by Gasteiger charge is 2.21. The summed E-state index contributed by atoms with van der Waals surface area (Å²) in [6.45, 7) is 8.88. The maximum Gasteiger partial charge on any atom is 0.333 e. The van der Waals surface area contributed by atoms with E-state index in [4.69, 9.17) is 19.5 Å². The fourth-order valence-electron chi connectivity index (χ4n) is 1.59. The topological polar surface area (TPSA) is 126 Å².